The van der Waals surface area contributed by atoms with Crippen LogP contribution in [0.2, 0.25) is 0 Å². The molecule has 0 unspecified atom stereocenters. The van der Waals surface area contributed by atoms with Crippen LogP contribution in [0.15, 0.2) is 54.6 Å². The van der Waals surface area contributed by atoms with Gasteiger partial charge in [0.05, 0.1) is 6.42 Å². The van der Waals surface area contributed by atoms with Crippen LogP contribution >= 0.6 is 12.2 Å². The maximum Gasteiger partial charge on any atom is 0.230 e. The van der Waals surface area contributed by atoms with Crippen LogP contribution in [-0.4, -0.2) is 16.9 Å². The number of carbonyl (C=O) groups excluding carboxylic acids is 2. The molecule has 2 aromatic carbocycles. The molecule has 0 fully saturated rings. The number of amides is 2. The number of rotatable bonds is 8. The minimum absolute atomic E-state index is 0.000611. The van der Waals surface area contributed by atoms with Gasteiger partial charge in [0, 0.05) is 17.8 Å². The van der Waals surface area contributed by atoms with E-state index in [-0.39, 0.29) is 23.3 Å². The Morgan fingerprint density at radius 2 is 1.59 bits per heavy atom. The molecule has 0 saturated carbocycles. The Balaban J connectivity index is 1.83. The molecule has 3 N–H and O–H groups in total. The highest BCUT2D eigenvalue weighted by Gasteiger charge is 2.07. The molecule has 2 amide bonds. The van der Waals surface area contributed by atoms with Gasteiger partial charge < -0.3 is 16.0 Å². The van der Waals surface area contributed by atoms with Crippen molar-refractivity contribution in [3.63, 3.8) is 0 Å². The van der Waals surface area contributed by atoms with Crippen LogP contribution < -0.4 is 16.0 Å². The molecule has 0 aromatic heterocycles. The first-order valence-electron chi connectivity index (χ1n) is 9.11. The number of anilines is 2. The standard InChI is InChI=1S/C21H25N3O2S/c1-2-3-5-13-19(25)22-17-11-8-12-18(15-17)23-21(27)24-20(26)14-16-9-6-4-7-10-16/h4,6-12,15H,2-3,5,13-14H2,1H3,(H,22,25)(H2,23,24,26,27). The van der Waals surface area contributed by atoms with Gasteiger partial charge in [-0.2, -0.15) is 0 Å². The molecular formula is C21H25N3O2S. The van der Waals surface area contributed by atoms with Gasteiger partial charge in [-0.25, -0.2) is 0 Å². The number of thiocarbonyl (C=S) groups is 1. The predicted molar refractivity (Wildman–Crippen MR) is 114 cm³/mol. The number of carbonyl (C=O) groups is 2. The fraction of sp³-hybridized carbons (Fsp3) is 0.286. The molecule has 0 bridgehead atoms. The summed E-state index contributed by atoms with van der Waals surface area (Å²) < 4.78 is 0. The topological polar surface area (TPSA) is 70.2 Å². The second-order valence-electron chi connectivity index (χ2n) is 6.25. The van der Waals surface area contributed by atoms with E-state index in [2.05, 4.69) is 22.9 Å². The van der Waals surface area contributed by atoms with Crippen molar-refractivity contribution in [3.8, 4) is 0 Å². The predicted octanol–water partition coefficient (Wildman–Crippen LogP) is 4.26. The lowest BCUT2D eigenvalue weighted by Crippen LogP contribution is -2.35. The molecule has 6 heteroatoms. The summed E-state index contributed by atoms with van der Waals surface area (Å²) >= 11 is 5.20. The van der Waals surface area contributed by atoms with Crippen molar-refractivity contribution >= 4 is 40.5 Å². The number of hydrogen-bond donors (Lipinski definition) is 3. The molecule has 0 radical (unpaired) electrons. The minimum atomic E-state index is -0.181. The zero-order chi connectivity index (χ0) is 19.5. The summed E-state index contributed by atoms with van der Waals surface area (Å²) in [6, 6.07) is 16.7. The van der Waals surface area contributed by atoms with E-state index in [1.165, 1.54) is 0 Å². The average molecular weight is 384 g/mol. The van der Waals surface area contributed by atoms with Crippen molar-refractivity contribution in [3.05, 3.63) is 60.2 Å². The monoisotopic (exact) mass is 383 g/mol. The third-order valence-electron chi connectivity index (χ3n) is 3.87. The summed E-state index contributed by atoms with van der Waals surface area (Å²) in [4.78, 5) is 24.0. The van der Waals surface area contributed by atoms with Crippen molar-refractivity contribution < 1.29 is 9.59 Å². The van der Waals surface area contributed by atoms with Crippen molar-refractivity contribution in [1.82, 2.24) is 5.32 Å². The second-order valence-corrected chi connectivity index (χ2v) is 6.66. The molecule has 0 aliphatic carbocycles. The van der Waals surface area contributed by atoms with E-state index in [4.69, 9.17) is 12.2 Å². The van der Waals surface area contributed by atoms with Gasteiger partial charge in [0.15, 0.2) is 5.11 Å². The average Bonchev–Trinajstić information content (AvgIpc) is 2.62. The van der Waals surface area contributed by atoms with Gasteiger partial charge in [0.1, 0.15) is 0 Å². The molecule has 5 nitrogen and oxygen atoms in total. The Labute approximate surface area is 165 Å². The summed E-state index contributed by atoms with van der Waals surface area (Å²) in [5, 5.41) is 8.74. The number of hydrogen-bond acceptors (Lipinski definition) is 3. The Hall–Kier alpha value is -2.73. The van der Waals surface area contributed by atoms with Crippen LogP contribution in [0.4, 0.5) is 11.4 Å². The Kier molecular flexibility index (Phi) is 8.45. The number of unbranched alkanes of at least 4 members (excludes halogenated alkanes) is 2. The molecule has 142 valence electrons. The molecular weight excluding hydrogens is 358 g/mol. The zero-order valence-corrected chi connectivity index (χ0v) is 16.3. The molecule has 2 rings (SSSR count). The van der Waals surface area contributed by atoms with E-state index in [1.807, 2.05) is 48.5 Å². The van der Waals surface area contributed by atoms with E-state index in [0.717, 1.165) is 24.8 Å². The normalized spacial score (nSPS) is 10.1. The van der Waals surface area contributed by atoms with Gasteiger partial charge in [-0.1, -0.05) is 56.2 Å². The summed E-state index contributed by atoms with van der Waals surface area (Å²) in [5.74, 6) is -0.182. The lowest BCUT2D eigenvalue weighted by atomic mass is 10.1. The Morgan fingerprint density at radius 3 is 2.30 bits per heavy atom. The molecule has 0 aliphatic heterocycles. The van der Waals surface area contributed by atoms with E-state index in [1.54, 1.807) is 6.07 Å². The van der Waals surface area contributed by atoms with Gasteiger partial charge in [-0.3, -0.25) is 9.59 Å². The molecule has 0 atom stereocenters. The quantitative estimate of drug-likeness (QED) is 0.470. The maximum absolute atomic E-state index is 12.1. The van der Waals surface area contributed by atoms with Gasteiger partial charge >= 0.3 is 0 Å². The van der Waals surface area contributed by atoms with Crippen molar-refractivity contribution in [2.24, 2.45) is 0 Å². The summed E-state index contributed by atoms with van der Waals surface area (Å²) in [6.45, 7) is 2.11. The first kappa shape index (κ1) is 20.6. The molecule has 0 aliphatic rings. The van der Waals surface area contributed by atoms with Crippen LogP contribution in [0.5, 0.6) is 0 Å². The summed E-state index contributed by atoms with van der Waals surface area (Å²) in [7, 11) is 0. The highest BCUT2D eigenvalue weighted by molar-refractivity contribution is 7.80. The molecule has 0 spiro atoms. The van der Waals surface area contributed by atoms with Crippen LogP contribution in [0, 0.1) is 0 Å². The highest BCUT2D eigenvalue weighted by Crippen LogP contribution is 2.15. The van der Waals surface area contributed by atoms with Crippen molar-refractivity contribution in [2.75, 3.05) is 10.6 Å². The van der Waals surface area contributed by atoms with Gasteiger partial charge in [0.25, 0.3) is 0 Å². The Bertz CT molecular complexity index is 778. The van der Waals surface area contributed by atoms with Crippen LogP contribution in [0.25, 0.3) is 0 Å². The minimum Gasteiger partial charge on any atom is -0.332 e. The summed E-state index contributed by atoms with van der Waals surface area (Å²) in [6.07, 6.45) is 3.79. The maximum atomic E-state index is 12.1. The fourth-order valence-electron chi connectivity index (χ4n) is 2.55. The third kappa shape index (κ3) is 8.00. The Morgan fingerprint density at radius 1 is 0.889 bits per heavy atom. The lowest BCUT2D eigenvalue weighted by Gasteiger charge is -2.11. The van der Waals surface area contributed by atoms with Gasteiger partial charge in [-0.15, -0.1) is 0 Å². The van der Waals surface area contributed by atoms with E-state index in [9.17, 15) is 9.59 Å². The highest BCUT2D eigenvalue weighted by atomic mass is 32.1. The molecule has 0 saturated heterocycles. The largest absolute Gasteiger partial charge is 0.332 e. The second kappa shape index (κ2) is 11.1. The van der Waals surface area contributed by atoms with E-state index < -0.39 is 0 Å². The van der Waals surface area contributed by atoms with Crippen molar-refractivity contribution in [2.45, 2.75) is 39.0 Å². The fourth-order valence-corrected chi connectivity index (χ4v) is 2.78. The molecule has 0 heterocycles. The smallest absolute Gasteiger partial charge is 0.230 e. The SMILES string of the molecule is CCCCCC(=O)Nc1cccc(NC(=S)NC(=O)Cc2ccccc2)c1. The zero-order valence-electron chi connectivity index (χ0n) is 15.5. The number of benzene rings is 2. The van der Waals surface area contributed by atoms with Crippen LogP contribution in [-0.2, 0) is 16.0 Å². The van der Waals surface area contributed by atoms with E-state index in [0.29, 0.717) is 17.8 Å². The molecule has 2 aromatic rings. The van der Waals surface area contributed by atoms with Crippen LogP contribution in [0.3, 0.4) is 0 Å². The van der Waals surface area contributed by atoms with E-state index >= 15 is 0 Å². The van der Waals surface area contributed by atoms with Gasteiger partial charge in [-0.05, 0) is 42.4 Å². The van der Waals surface area contributed by atoms with Gasteiger partial charge in [0.2, 0.25) is 11.8 Å². The molecule has 27 heavy (non-hydrogen) atoms. The first-order chi connectivity index (χ1) is 13.1. The lowest BCUT2D eigenvalue weighted by molar-refractivity contribution is -0.119. The number of nitrogens with one attached hydrogen (secondary N) is 3. The van der Waals surface area contributed by atoms with Crippen LogP contribution in [0.1, 0.15) is 38.2 Å². The third-order valence-corrected chi connectivity index (χ3v) is 4.08. The van der Waals surface area contributed by atoms with Crippen molar-refractivity contribution in [1.29, 1.82) is 0 Å². The summed E-state index contributed by atoms with van der Waals surface area (Å²) in [5.41, 5.74) is 2.32. The first-order valence-corrected chi connectivity index (χ1v) is 9.52.